The standard InChI is InChI=1S/C33H26ClN3O6/c1-41-24-12-7-21(8-13-24)18-37-28-4-2-3-27(36-31(38)15-20-5-9-22(34)10-6-20)25(28)17-26(33(37)40)32(39)35-23-11-14-29-30(16-23)43-19-42-29/h2-14,16-17H,15,18-19H2,1H3,(H,35,39)(H,36,38). The number of methoxy groups -OCH3 is 1. The molecule has 6 rings (SSSR count). The van der Waals surface area contributed by atoms with Crippen molar-refractivity contribution in [2.75, 3.05) is 24.5 Å². The monoisotopic (exact) mass is 595 g/mol. The minimum absolute atomic E-state index is 0.0851. The number of carbonyl (C=O) groups is 2. The molecule has 0 atom stereocenters. The molecule has 0 saturated heterocycles. The number of nitrogens with zero attached hydrogens (tertiary/aromatic N) is 1. The Morgan fingerprint density at radius 1 is 0.884 bits per heavy atom. The van der Waals surface area contributed by atoms with E-state index in [1.165, 1.54) is 10.6 Å². The zero-order valence-electron chi connectivity index (χ0n) is 23.1. The first-order chi connectivity index (χ1) is 20.9. The summed E-state index contributed by atoms with van der Waals surface area (Å²) in [5.41, 5.74) is 2.53. The Balaban J connectivity index is 1.39. The number of rotatable bonds is 8. The number of nitrogens with one attached hydrogen (secondary N) is 2. The Morgan fingerprint density at radius 2 is 1.63 bits per heavy atom. The minimum Gasteiger partial charge on any atom is -0.497 e. The molecule has 1 aliphatic rings. The van der Waals surface area contributed by atoms with E-state index in [1.54, 1.807) is 79.9 Å². The lowest BCUT2D eigenvalue weighted by atomic mass is 10.1. The second-order valence-corrected chi connectivity index (χ2v) is 10.3. The summed E-state index contributed by atoms with van der Waals surface area (Å²) < 4.78 is 17.6. The first kappa shape index (κ1) is 27.9. The molecule has 2 heterocycles. The van der Waals surface area contributed by atoms with Gasteiger partial charge < -0.3 is 29.4 Å². The third-order valence-corrected chi connectivity index (χ3v) is 7.32. The van der Waals surface area contributed by atoms with Crippen LogP contribution in [0.5, 0.6) is 17.2 Å². The summed E-state index contributed by atoms with van der Waals surface area (Å²) in [6.45, 7) is 0.284. The van der Waals surface area contributed by atoms with Gasteiger partial charge in [-0.25, -0.2) is 0 Å². The molecule has 0 spiro atoms. The number of halogens is 1. The third-order valence-electron chi connectivity index (χ3n) is 7.06. The zero-order valence-corrected chi connectivity index (χ0v) is 23.8. The number of ether oxygens (including phenoxy) is 3. The summed E-state index contributed by atoms with van der Waals surface area (Å²) in [5.74, 6) is 0.901. The van der Waals surface area contributed by atoms with Gasteiger partial charge in [0, 0.05) is 22.2 Å². The molecule has 0 saturated carbocycles. The molecule has 216 valence electrons. The maximum atomic E-state index is 13.9. The first-order valence-electron chi connectivity index (χ1n) is 13.4. The van der Waals surface area contributed by atoms with E-state index in [0.29, 0.717) is 44.5 Å². The van der Waals surface area contributed by atoms with E-state index in [9.17, 15) is 14.4 Å². The van der Waals surface area contributed by atoms with Crippen molar-refractivity contribution in [1.29, 1.82) is 0 Å². The van der Waals surface area contributed by atoms with Crippen molar-refractivity contribution >= 4 is 45.7 Å². The summed E-state index contributed by atoms with van der Waals surface area (Å²) >= 11 is 5.98. The SMILES string of the molecule is COc1ccc(Cn2c(=O)c(C(=O)Nc3ccc4c(c3)OCO4)cc3c(NC(=O)Cc4ccc(Cl)cc4)cccc32)cc1. The van der Waals surface area contributed by atoms with E-state index in [4.69, 9.17) is 25.8 Å². The fraction of sp³-hybridized carbons (Fsp3) is 0.121. The highest BCUT2D eigenvalue weighted by molar-refractivity contribution is 6.30. The highest BCUT2D eigenvalue weighted by Gasteiger charge is 2.20. The minimum atomic E-state index is -0.600. The molecule has 0 fully saturated rings. The molecule has 1 aliphatic heterocycles. The molecule has 2 N–H and O–H groups in total. The molecule has 1 aromatic heterocycles. The van der Waals surface area contributed by atoms with Gasteiger partial charge in [0.05, 0.1) is 31.3 Å². The largest absolute Gasteiger partial charge is 0.497 e. The average molecular weight is 596 g/mol. The number of carbonyl (C=O) groups excluding carboxylic acids is 2. The number of fused-ring (bicyclic) bond motifs is 2. The van der Waals surface area contributed by atoms with Crippen LogP contribution >= 0.6 is 11.6 Å². The van der Waals surface area contributed by atoms with Gasteiger partial charge in [0.25, 0.3) is 11.5 Å². The lowest BCUT2D eigenvalue weighted by Crippen LogP contribution is -2.30. The quantitative estimate of drug-likeness (QED) is 0.232. The summed E-state index contributed by atoms with van der Waals surface area (Å²) in [6, 6.07) is 26.2. The van der Waals surface area contributed by atoms with Crippen molar-refractivity contribution in [1.82, 2.24) is 4.57 Å². The number of benzene rings is 4. The number of aromatic nitrogens is 1. The molecule has 0 aliphatic carbocycles. The van der Waals surface area contributed by atoms with E-state index in [0.717, 1.165) is 11.1 Å². The predicted octanol–water partition coefficient (Wildman–Crippen LogP) is 5.87. The summed E-state index contributed by atoms with van der Waals surface area (Å²) in [4.78, 5) is 40.5. The van der Waals surface area contributed by atoms with Crippen LogP contribution in [0.2, 0.25) is 5.02 Å². The highest BCUT2D eigenvalue weighted by Crippen LogP contribution is 2.34. The molecule has 0 radical (unpaired) electrons. The van der Waals surface area contributed by atoms with E-state index in [-0.39, 0.29) is 31.2 Å². The van der Waals surface area contributed by atoms with Gasteiger partial charge in [-0.15, -0.1) is 0 Å². The van der Waals surface area contributed by atoms with Crippen LogP contribution in [0.4, 0.5) is 11.4 Å². The smallest absolute Gasteiger partial charge is 0.264 e. The Labute approximate surface area is 251 Å². The maximum Gasteiger partial charge on any atom is 0.264 e. The Kier molecular flexibility index (Phi) is 7.72. The van der Waals surface area contributed by atoms with Crippen LogP contribution in [0.1, 0.15) is 21.5 Å². The summed E-state index contributed by atoms with van der Waals surface area (Å²) in [6.07, 6.45) is 0.122. The molecule has 43 heavy (non-hydrogen) atoms. The molecular formula is C33H26ClN3O6. The van der Waals surface area contributed by atoms with Crippen molar-refractivity contribution < 1.29 is 23.8 Å². The van der Waals surface area contributed by atoms with E-state index in [1.807, 2.05) is 12.1 Å². The Morgan fingerprint density at radius 3 is 2.40 bits per heavy atom. The van der Waals surface area contributed by atoms with Gasteiger partial charge in [-0.3, -0.25) is 14.4 Å². The highest BCUT2D eigenvalue weighted by atomic mass is 35.5. The molecule has 4 aromatic carbocycles. The molecule has 5 aromatic rings. The van der Waals surface area contributed by atoms with Gasteiger partial charge >= 0.3 is 0 Å². The van der Waals surface area contributed by atoms with Crippen LogP contribution in [0.25, 0.3) is 10.9 Å². The second kappa shape index (κ2) is 11.9. The molecular weight excluding hydrogens is 570 g/mol. The van der Waals surface area contributed by atoms with Crippen molar-refractivity contribution in [2.24, 2.45) is 0 Å². The van der Waals surface area contributed by atoms with Gasteiger partial charge in [0.15, 0.2) is 11.5 Å². The molecule has 0 unspecified atom stereocenters. The van der Waals surface area contributed by atoms with Crippen molar-refractivity contribution in [3.05, 3.63) is 123 Å². The van der Waals surface area contributed by atoms with Gasteiger partial charge in [-0.1, -0.05) is 41.9 Å². The van der Waals surface area contributed by atoms with Crippen LogP contribution in [0, 0.1) is 0 Å². The molecule has 9 nitrogen and oxygen atoms in total. The van der Waals surface area contributed by atoms with Crippen LogP contribution in [0.15, 0.2) is 95.8 Å². The van der Waals surface area contributed by atoms with E-state index < -0.39 is 11.5 Å². The van der Waals surface area contributed by atoms with E-state index >= 15 is 0 Å². The zero-order chi connectivity index (χ0) is 29.9. The first-order valence-corrected chi connectivity index (χ1v) is 13.8. The van der Waals surface area contributed by atoms with Gasteiger partial charge in [0.1, 0.15) is 11.3 Å². The number of hydrogen-bond acceptors (Lipinski definition) is 6. The fourth-order valence-corrected chi connectivity index (χ4v) is 5.02. The Hall–Kier alpha value is -5.28. The van der Waals surface area contributed by atoms with Gasteiger partial charge in [-0.2, -0.15) is 0 Å². The number of anilines is 2. The average Bonchev–Trinajstić information content (AvgIpc) is 3.48. The predicted molar refractivity (Wildman–Crippen MR) is 165 cm³/mol. The van der Waals surface area contributed by atoms with Crippen molar-refractivity contribution in [3.8, 4) is 17.2 Å². The number of amides is 2. The Bertz CT molecular complexity index is 1900. The molecule has 2 amide bonds. The van der Waals surface area contributed by atoms with Crippen LogP contribution < -0.4 is 30.4 Å². The molecule has 0 bridgehead atoms. The normalized spacial score (nSPS) is 11.8. The van der Waals surface area contributed by atoms with Crippen LogP contribution in [0.3, 0.4) is 0 Å². The van der Waals surface area contributed by atoms with E-state index in [2.05, 4.69) is 10.6 Å². The number of hydrogen-bond donors (Lipinski definition) is 2. The molecule has 10 heteroatoms. The lowest BCUT2D eigenvalue weighted by molar-refractivity contribution is -0.115. The fourth-order valence-electron chi connectivity index (χ4n) is 4.90. The third kappa shape index (κ3) is 6.02. The van der Waals surface area contributed by atoms with Gasteiger partial charge in [0.2, 0.25) is 12.7 Å². The summed E-state index contributed by atoms with van der Waals surface area (Å²) in [5, 5.41) is 6.87. The van der Waals surface area contributed by atoms with Crippen LogP contribution in [-0.2, 0) is 17.8 Å². The maximum absolute atomic E-state index is 13.9. The van der Waals surface area contributed by atoms with Gasteiger partial charge in [-0.05, 0) is 65.7 Å². The van der Waals surface area contributed by atoms with Crippen molar-refractivity contribution in [3.63, 3.8) is 0 Å². The van der Waals surface area contributed by atoms with Crippen molar-refractivity contribution in [2.45, 2.75) is 13.0 Å². The lowest BCUT2D eigenvalue weighted by Gasteiger charge is -2.16. The number of pyridine rings is 1. The summed E-state index contributed by atoms with van der Waals surface area (Å²) in [7, 11) is 1.58. The topological polar surface area (TPSA) is 108 Å². The second-order valence-electron chi connectivity index (χ2n) is 9.91. The van der Waals surface area contributed by atoms with Crippen LogP contribution in [-0.4, -0.2) is 30.3 Å².